The number of hydrogen-bond donors (Lipinski definition) is 2. The minimum atomic E-state index is -1.94. The predicted molar refractivity (Wildman–Crippen MR) is 62.2 cm³/mol. The molecule has 0 saturated heterocycles. The highest BCUT2D eigenvalue weighted by atomic mass is 28.3. The third kappa shape index (κ3) is 2.50. The van der Waals surface area contributed by atoms with Crippen LogP contribution in [0.15, 0.2) is 0 Å². The van der Waals surface area contributed by atoms with Gasteiger partial charge in [0.1, 0.15) is 0 Å². The van der Waals surface area contributed by atoms with Gasteiger partial charge >= 0.3 is 6.09 Å². The van der Waals surface area contributed by atoms with Crippen molar-refractivity contribution in [3.63, 3.8) is 0 Å². The van der Waals surface area contributed by atoms with E-state index < -0.39 is 14.3 Å². The Morgan fingerprint density at radius 1 is 1.00 bits per heavy atom. The SMILES string of the molecule is CC(C)[Si](NC(=O)O)(C(C)C)C(C)C. The van der Waals surface area contributed by atoms with Crippen LogP contribution in [0.25, 0.3) is 0 Å². The summed E-state index contributed by atoms with van der Waals surface area (Å²) < 4.78 is 0. The zero-order valence-electron chi connectivity index (χ0n) is 10.1. The Kier molecular flexibility index (Phi) is 4.64. The Labute approximate surface area is 88.0 Å². The molecule has 84 valence electrons. The van der Waals surface area contributed by atoms with Crippen LogP contribution >= 0.6 is 0 Å². The van der Waals surface area contributed by atoms with E-state index in [-0.39, 0.29) is 0 Å². The molecule has 0 aliphatic carbocycles. The zero-order valence-corrected chi connectivity index (χ0v) is 11.1. The molecule has 0 radical (unpaired) electrons. The van der Waals surface area contributed by atoms with Gasteiger partial charge in [0.2, 0.25) is 0 Å². The van der Waals surface area contributed by atoms with E-state index in [1.54, 1.807) is 0 Å². The summed E-state index contributed by atoms with van der Waals surface area (Å²) in [6.07, 6.45) is -0.868. The second kappa shape index (κ2) is 4.82. The first-order valence-corrected chi connectivity index (χ1v) is 7.49. The van der Waals surface area contributed by atoms with Gasteiger partial charge in [-0.15, -0.1) is 0 Å². The van der Waals surface area contributed by atoms with Gasteiger partial charge in [-0.25, -0.2) is 4.79 Å². The van der Waals surface area contributed by atoms with E-state index in [1.807, 2.05) is 0 Å². The van der Waals surface area contributed by atoms with Gasteiger partial charge in [-0.1, -0.05) is 41.5 Å². The van der Waals surface area contributed by atoms with Crippen molar-refractivity contribution in [2.45, 2.75) is 58.2 Å². The van der Waals surface area contributed by atoms with Crippen molar-refractivity contribution >= 4 is 14.3 Å². The molecule has 3 nitrogen and oxygen atoms in total. The smallest absolute Gasteiger partial charge is 0.396 e. The fourth-order valence-electron chi connectivity index (χ4n) is 2.62. The average Bonchev–Trinajstić information content (AvgIpc) is 1.97. The zero-order chi connectivity index (χ0) is 11.5. The van der Waals surface area contributed by atoms with Crippen LogP contribution in [0, 0.1) is 0 Å². The van der Waals surface area contributed by atoms with Crippen molar-refractivity contribution in [3.05, 3.63) is 0 Å². The van der Waals surface area contributed by atoms with Crippen molar-refractivity contribution in [1.82, 2.24) is 4.98 Å². The molecule has 0 rings (SSSR count). The molecule has 0 aromatic rings. The summed E-state index contributed by atoms with van der Waals surface area (Å²) in [5, 5.41) is 8.92. The van der Waals surface area contributed by atoms with Gasteiger partial charge < -0.3 is 10.1 Å². The van der Waals surface area contributed by atoms with E-state index in [0.717, 1.165) is 0 Å². The number of amides is 1. The fourth-order valence-corrected chi connectivity index (χ4v) is 7.85. The summed E-state index contributed by atoms with van der Waals surface area (Å²) in [6.45, 7) is 12.8. The summed E-state index contributed by atoms with van der Waals surface area (Å²) in [5.41, 5.74) is 1.29. The second-order valence-corrected chi connectivity index (χ2v) is 10.4. The Morgan fingerprint density at radius 2 is 1.29 bits per heavy atom. The van der Waals surface area contributed by atoms with Crippen molar-refractivity contribution in [1.29, 1.82) is 0 Å². The molecule has 0 fully saturated rings. The lowest BCUT2D eigenvalue weighted by Gasteiger charge is -2.42. The molecule has 1 amide bonds. The van der Waals surface area contributed by atoms with Crippen molar-refractivity contribution in [2.75, 3.05) is 0 Å². The van der Waals surface area contributed by atoms with Crippen LogP contribution in [0.5, 0.6) is 0 Å². The van der Waals surface area contributed by atoms with Gasteiger partial charge in [-0.05, 0) is 16.6 Å². The van der Waals surface area contributed by atoms with Crippen LogP contribution < -0.4 is 4.98 Å². The molecule has 2 N–H and O–H groups in total. The molecule has 0 heterocycles. The highest BCUT2D eigenvalue weighted by Gasteiger charge is 2.44. The van der Waals surface area contributed by atoms with Crippen LogP contribution in [-0.2, 0) is 0 Å². The maximum Gasteiger partial charge on any atom is 0.396 e. The fraction of sp³-hybridized carbons (Fsp3) is 0.900. The first kappa shape index (κ1) is 13.5. The number of hydrogen-bond acceptors (Lipinski definition) is 1. The third-order valence-electron chi connectivity index (χ3n) is 3.19. The first-order valence-electron chi connectivity index (χ1n) is 5.26. The molecule has 14 heavy (non-hydrogen) atoms. The first-order chi connectivity index (χ1) is 6.25. The minimum absolute atomic E-state index is 0.429. The topological polar surface area (TPSA) is 49.3 Å². The quantitative estimate of drug-likeness (QED) is 0.709. The summed E-state index contributed by atoms with van der Waals surface area (Å²) >= 11 is 0. The van der Waals surface area contributed by atoms with Crippen molar-refractivity contribution in [2.24, 2.45) is 0 Å². The lowest BCUT2D eigenvalue weighted by Crippen LogP contribution is -2.59. The summed E-state index contributed by atoms with van der Waals surface area (Å²) in [4.78, 5) is 13.7. The van der Waals surface area contributed by atoms with Gasteiger partial charge in [-0.2, -0.15) is 0 Å². The van der Waals surface area contributed by atoms with Crippen LogP contribution in [0.4, 0.5) is 4.79 Å². The molecule has 0 spiro atoms. The number of nitrogens with one attached hydrogen (secondary N) is 1. The molecule has 0 atom stereocenters. The Morgan fingerprint density at radius 3 is 1.36 bits per heavy atom. The van der Waals surface area contributed by atoms with E-state index in [1.165, 1.54) is 0 Å². The molecular weight excluding hydrogens is 194 g/mol. The van der Waals surface area contributed by atoms with Gasteiger partial charge in [-0.3, -0.25) is 0 Å². The molecule has 0 aromatic carbocycles. The van der Waals surface area contributed by atoms with Crippen LogP contribution in [-0.4, -0.2) is 19.4 Å². The molecule has 0 bridgehead atoms. The average molecular weight is 217 g/mol. The van der Waals surface area contributed by atoms with Crippen LogP contribution in [0.3, 0.4) is 0 Å². The molecular formula is C10H23NO2Si. The van der Waals surface area contributed by atoms with Gasteiger partial charge in [0.15, 0.2) is 8.24 Å². The van der Waals surface area contributed by atoms with Gasteiger partial charge in [0, 0.05) is 0 Å². The Hall–Kier alpha value is -0.513. The summed E-state index contributed by atoms with van der Waals surface area (Å²) in [5.74, 6) is 0. The molecule has 0 aliphatic heterocycles. The van der Waals surface area contributed by atoms with E-state index in [9.17, 15) is 4.79 Å². The lowest BCUT2D eigenvalue weighted by atomic mass is 10.5. The van der Waals surface area contributed by atoms with E-state index >= 15 is 0 Å². The number of rotatable bonds is 4. The van der Waals surface area contributed by atoms with Crippen molar-refractivity contribution in [3.8, 4) is 0 Å². The molecule has 0 unspecified atom stereocenters. The standard InChI is InChI=1S/C10H23NO2Si/c1-7(2)14(8(3)4,9(5)6)11-10(12)13/h7-9,11H,1-6H3,(H,12,13). The van der Waals surface area contributed by atoms with E-state index in [0.29, 0.717) is 16.6 Å². The predicted octanol–water partition coefficient (Wildman–Crippen LogP) is 3.43. The van der Waals surface area contributed by atoms with Crippen molar-refractivity contribution < 1.29 is 9.90 Å². The Bertz CT molecular complexity index is 181. The van der Waals surface area contributed by atoms with E-state index in [2.05, 4.69) is 46.5 Å². The van der Waals surface area contributed by atoms with E-state index in [4.69, 9.17) is 5.11 Å². The minimum Gasteiger partial charge on any atom is -0.466 e. The van der Waals surface area contributed by atoms with Gasteiger partial charge in [0.25, 0.3) is 0 Å². The molecule has 0 aromatic heterocycles. The molecule has 4 heteroatoms. The Balaban J connectivity index is 5.05. The largest absolute Gasteiger partial charge is 0.466 e. The highest BCUT2D eigenvalue weighted by Crippen LogP contribution is 2.38. The molecule has 0 aliphatic rings. The third-order valence-corrected chi connectivity index (χ3v) is 9.57. The highest BCUT2D eigenvalue weighted by molar-refractivity contribution is 6.82. The summed E-state index contributed by atoms with van der Waals surface area (Å²) in [7, 11) is -1.94. The maximum atomic E-state index is 10.9. The summed E-state index contributed by atoms with van der Waals surface area (Å²) in [6, 6.07) is 0. The number of carboxylic acid groups (broad SMARTS) is 1. The monoisotopic (exact) mass is 217 g/mol. The van der Waals surface area contributed by atoms with Gasteiger partial charge in [0.05, 0.1) is 0 Å². The second-order valence-electron chi connectivity index (χ2n) is 4.83. The normalized spacial score (nSPS) is 12.6. The van der Waals surface area contributed by atoms with Crippen LogP contribution in [0.1, 0.15) is 41.5 Å². The number of carbonyl (C=O) groups is 1. The maximum absolute atomic E-state index is 10.9. The molecule has 0 saturated carbocycles. The van der Waals surface area contributed by atoms with Crippen LogP contribution in [0.2, 0.25) is 16.6 Å². The lowest BCUT2D eigenvalue weighted by molar-refractivity contribution is 0.199.